The monoisotopic (exact) mass is 432 g/mol. The Labute approximate surface area is 179 Å². The van der Waals surface area contributed by atoms with Gasteiger partial charge in [-0.2, -0.15) is 5.26 Å². The maximum absolute atomic E-state index is 12.6. The molecule has 2 aromatic rings. The lowest BCUT2D eigenvalue weighted by Gasteiger charge is -2.22. The average Bonchev–Trinajstić information content (AvgIpc) is 2.73. The number of nitrogens with zero attached hydrogens (tertiary/aromatic N) is 2. The van der Waals surface area contributed by atoms with Crippen molar-refractivity contribution in [1.82, 2.24) is 0 Å². The molecule has 6 nitrogen and oxygen atoms in total. The van der Waals surface area contributed by atoms with Crippen LogP contribution in [0.3, 0.4) is 0 Å². The van der Waals surface area contributed by atoms with E-state index >= 15 is 0 Å². The van der Waals surface area contributed by atoms with Gasteiger partial charge in [-0.3, -0.25) is 9.59 Å². The van der Waals surface area contributed by atoms with E-state index in [1.165, 1.54) is 16.7 Å². The summed E-state index contributed by atoms with van der Waals surface area (Å²) < 4.78 is 10.5. The molecular formula is C21H21ClN2O4S. The van der Waals surface area contributed by atoms with E-state index in [4.69, 9.17) is 26.3 Å². The number of halogens is 1. The third-order valence-corrected chi connectivity index (χ3v) is 5.24. The van der Waals surface area contributed by atoms with Gasteiger partial charge in [-0.05, 0) is 43.3 Å². The topological polar surface area (TPSA) is 79.6 Å². The van der Waals surface area contributed by atoms with Gasteiger partial charge in [0.25, 0.3) is 5.91 Å². The van der Waals surface area contributed by atoms with E-state index in [1.54, 1.807) is 42.5 Å². The van der Waals surface area contributed by atoms with Gasteiger partial charge in [-0.15, -0.1) is 11.8 Å². The number of ether oxygens (including phenoxy) is 2. The van der Waals surface area contributed by atoms with Gasteiger partial charge in [0.05, 0.1) is 29.9 Å². The first-order valence-electron chi connectivity index (χ1n) is 8.98. The first-order chi connectivity index (χ1) is 14.0. The molecule has 0 aromatic heterocycles. The van der Waals surface area contributed by atoms with Crippen molar-refractivity contribution >= 4 is 40.9 Å². The standard InChI is InChI=1S/C21H21ClN2O4S/c1-2-27-17-10-8-16(9-11-17)24(13-5-12-23)20(25)14-28-21(26)15-29-19-7-4-3-6-18(19)22/h3-4,6-11H,2,5,13-15H2,1H3. The number of amides is 1. The van der Waals surface area contributed by atoms with Crippen molar-refractivity contribution in [3.8, 4) is 11.8 Å². The van der Waals surface area contributed by atoms with E-state index in [-0.39, 0.29) is 18.7 Å². The molecule has 0 spiro atoms. The number of esters is 1. The molecule has 0 heterocycles. The van der Waals surface area contributed by atoms with Crippen molar-refractivity contribution in [3.05, 3.63) is 53.6 Å². The van der Waals surface area contributed by atoms with Gasteiger partial charge in [0.2, 0.25) is 0 Å². The number of carbonyl (C=O) groups is 2. The van der Waals surface area contributed by atoms with Gasteiger partial charge >= 0.3 is 5.97 Å². The SMILES string of the molecule is CCOc1ccc(N(CCC#N)C(=O)COC(=O)CSc2ccccc2Cl)cc1. The summed E-state index contributed by atoms with van der Waals surface area (Å²) in [5.41, 5.74) is 0.607. The maximum atomic E-state index is 12.6. The largest absolute Gasteiger partial charge is 0.494 e. The fourth-order valence-corrected chi connectivity index (χ4v) is 3.45. The Balaban J connectivity index is 1.92. The quantitative estimate of drug-likeness (QED) is 0.411. The molecule has 0 aliphatic rings. The molecule has 0 bridgehead atoms. The highest BCUT2D eigenvalue weighted by molar-refractivity contribution is 8.00. The van der Waals surface area contributed by atoms with Gasteiger partial charge in [0, 0.05) is 17.1 Å². The van der Waals surface area contributed by atoms with Crippen LogP contribution < -0.4 is 9.64 Å². The molecule has 152 valence electrons. The minimum atomic E-state index is -0.518. The molecule has 1 amide bonds. The third-order valence-electron chi connectivity index (χ3n) is 3.75. The molecule has 0 unspecified atom stereocenters. The summed E-state index contributed by atoms with van der Waals surface area (Å²) in [5.74, 6) is -0.194. The van der Waals surface area contributed by atoms with Crippen LogP contribution in [0.1, 0.15) is 13.3 Å². The van der Waals surface area contributed by atoms with Gasteiger partial charge < -0.3 is 14.4 Å². The van der Waals surface area contributed by atoms with Crippen LogP contribution in [0.2, 0.25) is 5.02 Å². The summed E-state index contributed by atoms with van der Waals surface area (Å²) in [4.78, 5) is 26.8. The zero-order chi connectivity index (χ0) is 21.1. The van der Waals surface area contributed by atoms with E-state index < -0.39 is 18.5 Å². The first kappa shape index (κ1) is 22.6. The molecule has 0 atom stereocenters. The number of hydrogen-bond donors (Lipinski definition) is 0. The molecule has 0 radical (unpaired) electrons. The van der Waals surface area contributed by atoms with Crippen LogP contribution in [0, 0.1) is 11.3 Å². The lowest BCUT2D eigenvalue weighted by Crippen LogP contribution is -2.35. The van der Waals surface area contributed by atoms with E-state index in [0.717, 1.165) is 4.90 Å². The summed E-state index contributed by atoms with van der Waals surface area (Å²) in [6.07, 6.45) is 0.162. The van der Waals surface area contributed by atoms with Crippen molar-refractivity contribution < 1.29 is 19.1 Å². The van der Waals surface area contributed by atoms with Crippen LogP contribution in [-0.2, 0) is 14.3 Å². The second kappa shape index (κ2) is 12.0. The molecule has 0 saturated heterocycles. The summed E-state index contributed by atoms with van der Waals surface area (Å²) in [7, 11) is 0. The summed E-state index contributed by atoms with van der Waals surface area (Å²) in [6.45, 7) is 2.23. The molecule has 0 N–H and O–H groups in total. The number of benzene rings is 2. The van der Waals surface area contributed by atoms with Gasteiger partial charge in [0.15, 0.2) is 6.61 Å². The molecule has 2 rings (SSSR count). The van der Waals surface area contributed by atoms with Crippen molar-refractivity contribution in [1.29, 1.82) is 5.26 Å². The number of rotatable bonds is 10. The van der Waals surface area contributed by atoms with E-state index in [9.17, 15) is 9.59 Å². The second-order valence-electron chi connectivity index (χ2n) is 5.76. The van der Waals surface area contributed by atoms with Gasteiger partial charge in [-0.1, -0.05) is 23.7 Å². The molecule has 8 heteroatoms. The Kier molecular flexibility index (Phi) is 9.35. The molecular weight excluding hydrogens is 412 g/mol. The Morgan fingerprint density at radius 2 is 1.90 bits per heavy atom. The van der Waals surface area contributed by atoms with E-state index in [0.29, 0.717) is 23.1 Å². The Morgan fingerprint density at radius 3 is 2.55 bits per heavy atom. The fourth-order valence-electron chi connectivity index (χ4n) is 2.41. The van der Waals surface area contributed by atoms with Crippen molar-refractivity contribution in [2.24, 2.45) is 0 Å². The first-order valence-corrected chi connectivity index (χ1v) is 10.3. The molecule has 0 fully saturated rings. The zero-order valence-electron chi connectivity index (χ0n) is 16.0. The van der Waals surface area contributed by atoms with Crippen LogP contribution in [0.5, 0.6) is 5.75 Å². The Morgan fingerprint density at radius 1 is 1.17 bits per heavy atom. The van der Waals surface area contributed by atoms with Gasteiger partial charge in [0.1, 0.15) is 5.75 Å². The number of carbonyl (C=O) groups excluding carboxylic acids is 2. The fraction of sp³-hybridized carbons (Fsp3) is 0.286. The lowest BCUT2D eigenvalue weighted by atomic mass is 10.2. The molecule has 2 aromatic carbocycles. The third kappa shape index (κ3) is 7.33. The summed E-state index contributed by atoms with van der Waals surface area (Å²) >= 11 is 7.30. The average molecular weight is 433 g/mol. The second-order valence-corrected chi connectivity index (χ2v) is 7.18. The predicted octanol–water partition coefficient (Wildman–Crippen LogP) is 4.32. The number of anilines is 1. The van der Waals surface area contributed by atoms with Crippen LogP contribution in [0.15, 0.2) is 53.4 Å². The van der Waals surface area contributed by atoms with Crippen molar-refractivity contribution in [2.75, 3.05) is 30.4 Å². The molecule has 0 aliphatic heterocycles. The van der Waals surface area contributed by atoms with Crippen LogP contribution in [0.4, 0.5) is 5.69 Å². The minimum Gasteiger partial charge on any atom is -0.494 e. The highest BCUT2D eigenvalue weighted by Crippen LogP contribution is 2.26. The van der Waals surface area contributed by atoms with E-state index in [2.05, 4.69) is 0 Å². The molecule has 0 aliphatic carbocycles. The van der Waals surface area contributed by atoms with Crippen LogP contribution in [0.25, 0.3) is 0 Å². The lowest BCUT2D eigenvalue weighted by molar-refractivity contribution is -0.145. The highest BCUT2D eigenvalue weighted by Gasteiger charge is 2.18. The Bertz CT molecular complexity index is 868. The smallest absolute Gasteiger partial charge is 0.316 e. The Hall–Kier alpha value is -2.69. The highest BCUT2D eigenvalue weighted by atomic mass is 35.5. The van der Waals surface area contributed by atoms with Crippen LogP contribution >= 0.6 is 23.4 Å². The van der Waals surface area contributed by atoms with Crippen molar-refractivity contribution in [2.45, 2.75) is 18.2 Å². The molecule has 0 saturated carbocycles. The number of thioether (sulfide) groups is 1. The van der Waals surface area contributed by atoms with Gasteiger partial charge in [-0.25, -0.2) is 0 Å². The zero-order valence-corrected chi connectivity index (χ0v) is 17.5. The maximum Gasteiger partial charge on any atom is 0.316 e. The van der Waals surface area contributed by atoms with E-state index in [1.807, 2.05) is 19.1 Å². The number of nitriles is 1. The predicted molar refractivity (Wildman–Crippen MR) is 113 cm³/mol. The summed E-state index contributed by atoms with van der Waals surface area (Å²) in [5, 5.41) is 9.42. The summed E-state index contributed by atoms with van der Waals surface area (Å²) in [6, 6.07) is 16.2. The van der Waals surface area contributed by atoms with Crippen molar-refractivity contribution in [3.63, 3.8) is 0 Å². The number of hydrogen-bond acceptors (Lipinski definition) is 6. The van der Waals surface area contributed by atoms with Crippen LogP contribution in [-0.4, -0.2) is 37.4 Å². The minimum absolute atomic E-state index is 0.0399. The normalized spacial score (nSPS) is 10.1. The molecule has 29 heavy (non-hydrogen) atoms.